The van der Waals surface area contributed by atoms with Gasteiger partial charge in [-0.15, -0.1) is 0 Å². The number of nitrogens with one attached hydrogen (secondary N) is 1. The lowest BCUT2D eigenvalue weighted by Gasteiger charge is -2.25. The second-order valence-corrected chi connectivity index (χ2v) is 7.38. The molecule has 6 atom stereocenters. The minimum Gasteiger partial charge on any atom is -0.371 e. The number of fused-ring (bicyclic) bond motifs is 4. The highest BCUT2D eigenvalue weighted by Crippen LogP contribution is 2.46. The molecule has 1 N–H and O–H groups in total. The summed E-state index contributed by atoms with van der Waals surface area (Å²) in [7, 11) is 0. The molecule has 6 unspecified atom stereocenters. The van der Waals surface area contributed by atoms with Crippen LogP contribution in [0, 0.1) is 23.7 Å². The average molecular weight is 246 g/mol. The van der Waals surface area contributed by atoms with Crippen LogP contribution in [0.3, 0.4) is 0 Å². The number of aliphatic imine (C=N–C) groups is 1. The first-order chi connectivity index (χ1) is 8.78. The maximum atomic E-state index is 5.01. The molecule has 18 heavy (non-hydrogen) atoms. The lowest BCUT2D eigenvalue weighted by Crippen LogP contribution is -2.38. The van der Waals surface area contributed by atoms with Gasteiger partial charge in [-0.25, -0.2) is 0 Å². The van der Waals surface area contributed by atoms with Gasteiger partial charge in [-0.1, -0.05) is 12.8 Å². The summed E-state index contributed by atoms with van der Waals surface area (Å²) in [5.74, 6) is 5.17. The van der Waals surface area contributed by atoms with Crippen LogP contribution in [0.2, 0.25) is 0 Å². The molecular formula is C16H26N2. The van der Waals surface area contributed by atoms with Crippen molar-refractivity contribution in [3.63, 3.8) is 0 Å². The van der Waals surface area contributed by atoms with Crippen LogP contribution in [-0.4, -0.2) is 17.9 Å². The Labute approximate surface area is 111 Å². The number of amidine groups is 1. The first-order valence-electron chi connectivity index (χ1n) is 8.09. The third kappa shape index (κ3) is 1.88. The molecule has 4 bridgehead atoms. The zero-order valence-corrected chi connectivity index (χ0v) is 11.6. The van der Waals surface area contributed by atoms with Crippen LogP contribution in [0.1, 0.15) is 58.3 Å². The van der Waals surface area contributed by atoms with Crippen molar-refractivity contribution in [2.45, 2.75) is 70.4 Å². The molecule has 0 aliphatic heterocycles. The lowest BCUT2D eigenvalue weighted by atomic mass is 9.95. The summed E-state index contributed by atoms with van der Waals surface area (Å²) >= 11 is 0. The van der Waals surface area contributed by atoms with E-state index in [0.29, 0.717) is 6.04 Å². The van der Waals surface area contributed by atoms with Crippen LogP contribution in [0.25, 0.3) is 0 Å². The molecule has 0 spiro atoms. The third-order valence-electron chi connectivity index (χ3n) is 6.19. The maximum Gasteiger partial charge on any atom is 0.0937 e. The van der Waals surface area contributed by atoms with Gasteiger partial charge in [-0.2, -0.15) is 0 Å². The van der Waals surface area contributed by atoms with Gasteiger partial charge in [0.25, 0.3) is 0 Å². The molecule has 4 aliphatic carbocycles. The summed E-state index contributed by atoms with van der Waals surface area (Å²) < 4.78 is 0. The van der Waals surface area contributed by atoms with Crippen molar-refractivity contribution in [1.82, 2.24) is 5.32 Å². The molecule has 0 aromatic carbocycles. The van der Waals surface area contributed by atoms with Gasteiger partial charge in [0.15, 0.2) is 0 Å². The summed E-state index contributed by atoms with van der Waals surface area (Å²) in [6.07, 6.45) is 11.6. The van der Waals surface area contributed by atoms with Crippen molar-refractivity contribution in [3.8, 4) is 0 Å². The summed E-state index contributed by atoms with van der Waals surface area (Å²) in [4.78, 5) is 5.01. The molecule has 0 aromatic rings. The average Bonchev–Trinajstić information content (AvgIpc) is 3.08. The number of nitrogens with zero attached hydrogens (tertiary/aromatic N) is 1. The van der Waals surface area contributed by atoms with E-state index in [9.17, 15) is 0 Å². The van der Waals surface area contributed by atoms with Gasteiger partial charge < -0.3 is 5.32 Å². The molecule has 4 saturated carbocycles. The van der Waals surface area contributed by atoms with Crippen molar-refractivity contribution in [2.75, 3.05) is 0 Å². The van der Waals surface area contributed by atoms with Crippen molar-refractivity contribution >= 4 is 5.84 Å². The van der Waals surface area contributed by atoms with E-state index in [1.54, 1.807) is 0 Å². The largest absolute Gasteiger partial charge is 0.371 e. The molecule has 4 rings (SSSR count). The van der Waals surface area contributed by atoms with E-state index in [4.69, 9.17) is 4.99 Å². The highest BCUT2D eigenvalue weighted by molar-refractivity contribution is 5.80. The number of hydrogen-bond acceptors (Lipinski definition) is 1. The highest BCUT2D eigenvalue weighted by atomic mass is 15.0. The summed E-state index contributed by atoms with van der Waals surface area (Å²) in [6, 6.07) is 1.42. The van der Waals surface area contributed by atoms with Gasteiger partial charge in [0.2, 0.25) is 0 Å². The Morgan fingerprint density at radius 1 is 0.889 bits per heavy atom. The van der Waals surface area contributed by atoms with Crippen molar-refractivity contribution < 1.29 is 0 Å². The smallest absolute Gasteiger partial charge is 0.0937 e. The van der Waals surface area contributed by atoms with Gasteiger partial charge in [-0.3, -0.25) is 4.99 Å². The van der Waals surface area contributed by atoms with E-state index < -0.39 is 0 Å². The number of rotatable bonds is 2. The molecule has 2 nitrogen and oxygen atoms in total. The molecular weight excluding hydrogens is 220 g/mol. The van der Waals surface area contributed by atoms with E-state index in [1.807, 2.05) is 0 Å². The van der Waals surface area contributed by atoms with Crippen LogP contribution in [0.15, 0.2) is 4.99 Å². The molecule has 0 saturated heterocycles. The molecule has 2 heteroatoms. The molecule has 0 heterocycles. The fraction of sp³-hybridized carbons (Fsp3) is 0.938. The Hall–Kier alpha value is -0.530. The van der Waals surface area contributed by atoms with E-state index >= 15 is 0 Å². The minimum absolute atomic E-state index is 0.662. The lowest BCUT2D eigenvalue weighted by molar-refractivity contribution is 0.385. The molecule has 0 aromatic heterocycles. The quantitative estimate of drug-likeness (QED) is 0.586. The predicted octanol–water partition coefficient (Wildman–Crippen LogP) is 3.37. The van der Waals surface area contributed by atoms with E-state index in [2.05, 4.69) is 12.2 Å². The van der Waals surface area contributed by atoms with E-state index in [-0.39, 0.29) is 0 Å². The topological polar surface area (TPSA) is 24.4 Å². The van der Waals surface area contributed by atoms with E-state index in [0.717, 1.165) is 29.7 Å². The van der Waals surface area contributed by atoms with Crippen molar-refractivity contribution in [3.05, 3.63) is 0 Å². The Bertz CT molecular complexity index is 362. The zero-order chi connectivity index (χ0) is 12.1. The second kappa shape index (κ2) is 4.25. The molecule has 4 aliphatic rings. The molecule has 100 valence electrons. The Kier molecular flexibility index (Phi) is 2.67. The molecule has 0 radical (unpaired) electrons. The summed E-state index contributed by atoms with van der Waals surface area (Å²) in [5, 5.41) is 3.75. The van der Waals surface area contributed by atoms with Gasteiger partial charge in [0, 0.05) is 6.04 Å². The van der Waals surface area contributed by atoms with Gasteiger partial charge in [0.05, 0.1) is 11.9 Å². The van der Waals surface area contributed by atoms with Gasteiger partial charge >= 0.3 is 0 Å². The summed E-state index contributed by atoms with van der Waals surface area (Å²) in [6.45, 7) is 2.21. The normalized spacial score (nSPS) is 50.2. The fourth-order valence-electron chi connectivity index (χ4n) is 5.35. The van der Waals surface area contributed by atoms with Crippen molar-refractivity contribution in [1.29, 1.82) is 0 Å². The first-order valence-corrected chi connectivity index (χ1v) is 8.09. The van der Waals surface area contributed by atoms with Crippen molar-refractivity contribution in [2.24, 2.45) is 28.7 Å². The monoisotopic (exact) mass is 246 g/mol. The van der Waals surface area contributed by atoms with Gasteiger partial charge in [0.1, 0.15) is 0 Å². The zero-order valence-electron chi connectivity index (χ0n) is 11.6. The maximum absolute atomic E-state index is 5.01. The standard InChI is InChI=1S/C16H26N2/c1-10(17-15-8-11-2-4-13(15)6-11)18-16-9-12-3-5-14(16)7-12/h11-16H,2-9H2,1H3,(H,17,18). The highest BCUT2D eigenvalue weighted by Gasteiger charge is 2.41. The Balaban J connectivity index is 1.37. The van der Waals surface area contributed by atoms with Crippen LogP contribution in [-0.2, 0) is 0 Å². The minimum atomic E-state index is 0.662. The van der Waals surface area contributed by atoms with Crippen LogP contribution >= 0.6 is 0 Å². The fourth-order valence-corrected chi connectivity index (χ4v) is 5.35. The Morgan fingerprint density at radius 2 is 1.61 bits per heavy atom. The third-order valence-corrected chi connectivity index (χ3v) is 6.19. The van der Waals surface area contributed by atoms with Crippen LogP contribution in [0.5, 0.6) is 0 Å². The van der Waals surface area contributed by atoms with Crippen LogP contribution < -0.4 is 5.32 Å². The Morgan fingerprint density at radius 3 is 2.17 bits per heavy atom. The molecule has 4 fully saturated rings. The second-order valence-electron chi connectivity index (χ2n) is 7.38. The molecule has 0 amide bonds. The van der Waals surface area contributed by atoms with Crippen LogP contribution in [0.4, 0.5) is 0 Å². The number of hydrogen-bond donors (Lipinski definition) is 1. The first kappa shape index (κ1) is 11.3. The van der Waals surface area contributed by atoms with E-state index in [1.165, 1.54) is 57.2 Å². The summed E-state index contributed by atoms with van der Waals surface area (Å²) in [5.41, 5.74) is 0. The van der Waals surface area contributed by atoms with Gasteiger partial charge in [-0.05, 0) is 69.1 Å². The predicted molar refractivity (Wildman–Crippen MR) is 74.7 cm³/mol. The SMILES string of the molecule is CC(=NC1CC2CCC1C2)NC1CC2CCC1C2.